The molecule has 0 radical (unpaired) electrons. The summed E-state index contributed by atoms with van der Waals surface area (Å²) in [6.07, 6.45) is 10.8. The zero-order valence-corrected chi connectivity index (χ0v) is 23.4. The highest BCUT2D eigenvalue weighted by molar-refractivity contribution is 5.93. The molecule has 1 aliphatic carbocycles. The second-order valence-electron chi connectivity index (χ2n) is 10.7. The number of H-pyrrole nitrogens is 1. The smallest absolute Gasteiger partial charge is 0.335 e. The molecule has 6 rings (SSSR count). The Kier molecular flexibility index (Phi) is 9.29. The van der Waals surface area contributed by atoms with Gasteiger partial charge in [0.2, 0.25) is 0 Å². The number of carboxylic acids is 2. The van der Waals surface area contributed by atoms with Gasteiger partial charge in [-0.2, -0.15) is 0 Å². The summed E-state index contributed by atoms with van der Waals surface area (Å²) in [5.41, 5.74) is 6.83. The van der Waals surface area contributed by atoms with Gasteiger partial charge in [-0.15, -0.1) is 0 Å². The van der Waals surface area contributed by atoms with Crippen LogP contribution in [0.1, 0.15) is 69.1 Å². The van der Waals surface area contributed by atoms with Crippen LogP contribution in [0.5, 0.6) is 0 Å². The highest BCUT2D eigenvalue weighted by atomic mass is 16.4. The molecule has 1 saturated carbocycles. The standard InChI is InChI=1S/C27H29N3.C8H6O4/c1-2-6-22(7-3-1)29-23-13-11-21(12-14-23)27-25(15-10-20-16-18-28-19-17-20)24-8-4-5-9-26(24)30-27;9-7(10)5-2-1-3-6(4-5)8(11)12/h1-9,16-19,21,23,29-30H,10-15H2;1-4H,(H,9,10)(H,11,12). The van der Waals surface area contributed by atoms with Gasteiger partial charge in [-0.25, -0.2) is 9.59 Å². The van der Waals surface area contributed by atoms with Crippen molar-refractivity contribution in [2.24, 2.45) is 0 Å². The topological polar surface area (TPSA) is 115 Å². The molecule has 0 aliphatic heterocycles. The zero-order valence-electron chi connectivity index (χ0n) is 23.4. The highest BCUT2D eigenvalue weighted by Crippen LogP contribution is 2.38. The molecule has 2 heterocycles. The minimum atomic E-state index is -1.13. The van der Waals surface area contributed by atoms with E-state index < -0.39 is 11.9 Å². The van der Waals surface area contributed by atoms with Crippen molar-refractivity contribution < 1.29 is 19.8 Å². The number of nitrogens with one attached hydrogen (secondary N) is 2. The quantitative estimate of drug-likeness (QED) is 0.155. The predicted octanol–water partition coefficient (Wildman–Crippen LogP) is 7.57. The fourth-order valence-electron chi connectivity index (χ4n) is 5.74. The number of aromatic carboxylic acids is 2. The van der Waals surface area contributed by atoms with Crippen LogP contribution in [0.2, 0.25) is 0 Å². The van der Waals surface area contributed by atoms with Crippen LogP contribution in [0, 0.1) is 0 Å². The Hall–Kier alpha value is -4.91. The van der Waals surface area contributed by atoms with Crippen LogP contribution in [0.3, 0.4) is 0 Å². The van der Waals surface area contributed by atoms with Crippen LogP contribution in [0.4, 0.5) is 5.69 Å². The van der Waals surface area contributed by atoms with Gasteiger partial charge in [-0.05, 0) is 104 Å². The molecule has 0 atom stereocenters. The molecule has 0 unspecified atom stereocenters. The summed E-state index contributed by atoms with van der Waals surface area (Å²) in [6.45, 7) is 0. The maximum Gasteiger partial charge on any atom is 0.335 e. The first kappa shape index (κ1) is 28.6. The second-order valence-corrected chi connectivity index (χ2v) is 10.7. The van der Waals surface area contributed by atoms with Gasteiger partial charge in [-0.3, -0.25) is 4.98 Å². The number of carbonyl (C=O) groups is 2. The Labute approximate surface area is 245 Å². The van der Waals surface area contributed by atoms with Crippen molar-refractivity contribution in [1.82, 2.24) is 9.97 Å². The van der Waals surface area contributed by atoms with Gasteiger partial charge in [0.1, 0.15) is 0 Å². The van der Waals surface area contributed by atoms with Gasteiger partial charge in [0.25, 0.3) is 0 Å². The largest absolute Gasteiger partial charge is 0.478 e. The Balaban J connectivity index is 0.000000248. The molecule has 0 amide bonds. The normalized spacial score (nSPS) is 16.3. The lowest BCUT2D eigenvalue weighted by Crippen LogP contribution is -2.25. The monoisotopic (exact) mass is 561 g/mol. The van der Waals surface area contributed by atoms with E-state index in [9.17, 15) is 9.59 Å². The lowest BCUT2D eigenvalue weighted by Gasteiger charge is -2.30. The molecule has 4 N–H and O–H groups in total. The molecular weight excluding hydrogens is 526 g/mol. The number of fused-ring (bicyclic) bond motifs is 1. The van der Waals surface area contributed by atoms with Gasteiger partial charge >= 0.3 is 11.9 Å². The Morgan fingerprint density at radius 2 is 1.40 bits per heavy atom. The molecule has 7 heteroatoms. The number of hydrogen-bond donors (Lipinski definition) is 4. The lowest BCUT2D eigenvalue weighted by atomic mass is 9.82. The number of rotatable bonds is 8. The van der Waals surface area contributed by atoms with E-state index in [-0.39, 0.29) is 11.1 Å². The molecule has 0 saturated heterocycles. The van der Waals surface area contributed by atoms with E-state index in [2.05, 4.69) is 82.0 Å². The highest BCUT2D eigenvalue weighted by Gasteiger charge is 2.26. The number of para-hydroxylation sites is 2. The summed E-state index contributed by atoms with van der Waals surface area (Å²) in [4.78, 5) is 28.7. The van der Waals surface area contributed by atoms with E-state index >= 15 is 0 Å². The fourth-order valence-corrected chi connectivity index (χ4v) is 5.74. The van der Waals surface area contributed by atoms with Crippen LogP contribution < -0.4 is 5.32 Å². The fraction of sp³-hybridized carbons (Fsp3) is 0.229. The van der Waals surface area contributed by atoms with Crippen molar-refractivity contribution in [2.75, 3.05) is 5.32 Å². The van der Waals surface area contributed by atoms with Crippen molar-refractivity contribution in [2.45, 2.75) is 50.5 Å². The summed E-state index contributed by atoms with van der Waals surface area (Å²) in [5, 5.41) is 22.1. The van der Waals surface area contributed by atoms with E-state index in [0.717, 1.165) is 18.9 Å². The number of aromatic amines is 1. The van der Waals surface area contributed by atoms with E-state index in [1.54, 1.807) is 0 Å². The molecule has 5 aromatic rings. The Morgan fingerprint density at radius 1 is 0.762 bits per heavy atom. The average Bonchev–Trinajstić information content (AvgIpc) is 3.40. The summed E-state index contributed by atoms with van der Waals surface area (Å²) >= 11 is 0. The zero-order chi connectivity index (χ0) is 29.3. The minimum absolute atomic E-state index is 0.0186. The van der Waals surface area contributed by atoms with E-state index in [0.29, 0.717) is 12.0 Å². The van der Waals surface area contributed by atoms with Crippen molar-refractivity contribution in [1.29, 1.82) is 0 Å². The first-order chi connectivity index (χ1) is 20.5. The van der Waals surface area contributed by atoms with Crippen LogP contribution >= 0.6 is 0 Å². The summed E-state index contributed by atoms with van der Waals surface area (Å²) in [7, 11) is 0. The number of nitrogens with zero attached hydrogens (tertiary/aromatic N) is 1. The van der Waals surface area contributed by atoms with Crippen LogP contribution in [0.15, 0.2) is 103 Å². The summed E-state index contributed by atoms with van der Waals surface area (Å²) < 4.78 is 0. The maximum atomic E-state index is 10.4. The molecule has 3 aromatic carbocycles. The summed E-state index contributed by atoms with van der Waals surface area (Å²) in [5.74, 6) is -1.63. The molecule has 42 heavy (non-hydrogen) atoms. The third kappa shape index (κ3) is 7.23. The first-order valence-corrected chi connectivity index (χ1v) is 14.3. The number of aryl methyl sites for hydroxylation is 2. The third-order valence-electron chi connectivity index (χ3n) is 7.90. The average molecular weight is 562 g/mol. The van der Waals surface area contributed by atoms with Gasteiger partial charge in [0, 0.05) is 40.7 Å². The second kappa shape index (κ2) is 13.6. The van der Waals surface area contributed by atoms with Crippen molar-refractivity contribution >= 4 is 28.5 Å². The summed E-state index contributed by atoms with van der Waals surface area (Å²) in [6, 6.07) is 29.5. The number of anilines is 1. The van der Waals surface area contributed by atoms with Crippen LogP contribution in [0.25, 0.3) is 10.9 Å². The van der Waals surface area contributed by atoms with Gasteiger partial charge < -0.3 is 20.5 Å². The minimum Gasteiger partial charge on any atom is -0.478 e. The number of carboxylic acid groups (broad SMARTS) is 2. The molecule has 1 fully saturated rings. The number of hydrogen-bond acceptors (Lipinski definition) is 4. The van der Waals surface area contributed by atoms with Crippen molar-refractivity contribution in [3.63, 3.8) is 0 Å². The molecule has 2 aromatic heterocycles. The lowest BCUT2D eigenvalue weighted by molar-refractivity contribution is 0.0696. The molecular formula is C35H35N3O4. The SMILES string of the molecule is O=C(O)c1cccc(C(=O)O)c1.c1ccc(NC2CCC(c3[nH]c4ccccc4c3CCc3ccncc3)CC2)cc1. The molecule has 7 nitrogen and oxygen atoms in total. The van der Waals surface area contributed by atoms with Crippen molar-refractivity contribution in [3.05, 3.63) is 131 Å². The predicted molar refractivity (Wildman–Crippen MR) is 165 cm³/mol. The van der Waals surface area contributed by atoms with Gasteiger partial charge in [-0.1, -0.05) is 42.5 Å². The number of benzene rings is 3. The van der Waals surface area contributed by atoms with Gasteiger partial charge in [0.05, 0.1) is 11.1 Å². The third-order valence-corrected chi connectivity index (χ3v) is 7.90. The maximum absolute atomic E-state index is 10.4. The van der Waals surface area contributed by atoms with Crippen molar-refractivity contribution in [3.8, 4) is 0 Å². The Morgan fingerprint density at radius 3 is 2.07 bits per heavy atom. The van der Waals surface area contributed by atoms with Crippen LogP contribution in [-0.2, 0) is 12.8 Å². The Bertz CT molecular complexity index is 1600. The molecule has 0 bridgehead atoms. The molecule has 214 valence electrons. The van der Waals surface area contributed by atoms with E-state index in [1.165, 1.54) is 77.3 Å². The molecule has 1 aliphatic rings. The van der Waals surface area contributed by atoms with Gasteiger partial charge in [0.15, 0.2) is 0 Å². The van der Waals surface area contributed by atoms with E-state index in [1.807, 2.05) is 12.4 Å². The number of pyridine rings is 1. The first-order valence-electron chi connectivity index (χ1n) is 14.3. The number of aromatic nitrogens is 2. The molecule has 0 spiro atoms. The van der Waals surface area contributed by atoms with E-state index in [4.69, 9.17) is 10.2 Å². The van der Waals surface area contributed by atoms with Crippen LogP contribution in [-0.4, -0.2) is 38.2 Å².